The number of para-hydroxylation sites is 2. The number of fused-ring (bicyclic) bond motifs is 2. The van der Waals surface area contributed by atoms with E-state index < -0.39 is 0 Å². The fraction of sp³-hybridized carbons (Fsp3) is 0.450. The zero-order valence-corrected chi connectivity index (χ0v) is 15.1. The molecule has 134 valence electrons. The molecule has 1 fully saturated rings. The minimum Gasteiger partial charge on any atom is -0.440 e. The number of nitrogens with zero attached hydrogens (tertiary/aromatic N) is 5. The highest BCUT2D eigenvalue weighted by molar-refractivity contribution is 5.72. The highest BCUT2D eigenvalue weighted by Crippen LogP contribution is 2.33. The molecule has 1 saturated heterocycles. The number of rotatable bonds is 2. The van der Waals surface area contributed by atoms with E-state index in [9.17, 15) is 0 Å². The van der Waals surface area contributed by atoms with E-state index in [1.54, 1.807) is 6.33 Å². The number of anilines is 1. The van der Waals surface area contributed by atoms with Crippen LogP contribution in [0.5, 0.6) is 0 Å². The van der Waals surface area contributed by atoms with Crippen LogP contribution in [-0.2, 0) is 13.0 Å². The quantitative estimate of drug-likeness (QED) is 0.709. The summed E-state index contributed by atoms with van der Waals surface area (Å²) in [6.07, 6.45) is 4.96. The molecule has 6 nitrogen and oxygen atoms in total. The lowest BCUT2D eigenvalue weighted by molar-refractivity contribution is 0.308. The minimum absolute atomic E-state index is 0.308. The van der Waals surface area contributed by atoms with Crippen molar-refractivity contribution in [1.29, 1.82) is 0 Å². The molecule has 1 atom stereocenters. The van der Waals surface area contributed by atoms with Crippen LogP contribution in [0.4, 0.5) is 5.82 Å². The number of benzene rings is 1. The van der Waals surface area contributed by atoms with Crippen molar-refractivity contribution in [1.82, 2.24) is 19.9 Å². The monoisotopic (exact) mass is 349 g/mol. The third-order valence-electron chi connectivity index (χ3n) is 5.55. The lowest BCUT2D eigenvalue weighted by Crippen LogP contribution is -2.37. The van der Waals surface area contributed by atoms with Crippen LogP contribution in [0.3, 0.4) is 0 Å². The van der Waals surface area contributed by atoms with Gasteiger partial charge in [-0.2, -0.15) is 0 Å². The second-order valence-electron chi connectivity index (χ2n) is 7.42. The molecule has 0 saturated carbocycles. The van der Waals surface area contributed by atoms with Gasteiger partial charge in [0.15, 0.2) is 11.5 Å². The normalized spacial score (nSPS) is 21.1. The summed E-state index contributed by atoms with van der Waals surface area (Å²) in [5.41, 5.74) is 4.32. The lowest BCUT2D eigenvalue weighted by Gasteiger charge is -2.35. The highest BCUT2D eigenvalue weighted by Gasteiger charge is 2.29. The zero-order chi connectivity index (χ0) is 17.5. The molecule has 2 aliphatic rings. The largest absolute Gasteiger partial charge is 0.440 e. The fourth-order valence-electron chi connectivity index (χ4n) is 4.17. The Bertz CT molecular complexity index is 904. The number of piperidine rings is 1. The van der Waals surface area contributed by atoms with Gasteiger partial charge in [-0.25, -0.2) is 15.0 Å². The van der Waals surface area contributed by atoms with E-state index in [4.69, 9.17) is 9.40 Å². The predicted octanol–water partition coefficient (Wildman–Crippen LogP) is 2.99. The van der Waals surface area contributed by atoms with Crippen molar-refractivity contribution < 1.29 is 4.42 Å². The second-order valence-corrected chi connectivity index (χ2v) is 7.42. The van der Waals surface area contributed by atoms with E-state index >= 15 is 0 Å². The molecular weight excluding hydrogens is 326 g/mol. The molecule has 5 rings (SSSR count). The summed E-state index contributed by atoms with van der Waals surface area (Å²) in [5, 5.41) is 0. The van der Waals surface area contributed by atoms with E-state index in [2.05, 4.69) is 26.8 Å². The first-order valence-electron chi connectivity index (χ1n) is 9.39. The molecule has 3 aromatic rings. The minimum atomic E-state index is 0.308. The molecular formula is C20H23N5O. The Labute approximate surface area is 152 Å². The molecule has 6 heteroatoms. The summed E-state index contributed by atoms with van der Waals surface area (Å²) in [4.78, 5) is 18.7. The molecule has 0 bridgehead atoms. The van der Waals surface area contributed by atoms with Crippen LogP contribution < -0.4 is 4.90 Å². The van der Waals surface area contributed by atoms with Crippen molar-refractivity contribution in [3.63, 3.8) is 0 Å². The van der Waals surface area contributed by atoms with E-state index in [0.29, 0.717) is 5.92 Å². The maximum Gasteiger partial charge on any atom is 0.200 e. The Balaban J connectivity index is 1.44. The van der Waals surface area contributed by atoms with Crippen LogP contribution in [0.25, 0.3) is 11.1 Å². The summed E-state index contributed by atoms with van der Waals surface area (Å²) in [6.45, 7) is 3.93. The first-order valence-corrected chi connectivity index (χ1v) is 9.39. The average molecular weight is 349 g/mol. The van der Waals surface area contributed by atoms with Crippen LogP contribution in [-0.4, -0.2) is 46.5 Å². The summed E-state index contributed by atoms with van der Waals surface area (Å²) in [6, 6.07) is 8.00. The van der Waals surface area contributed by atoms with Crippen molar-refractivity contribution in [2.24, 2.45) is 0 Å². The molecule has 0 unspecified atom stereocenters. The Morgan fingerprint density at radius 1 is 1.15 bits per heavy atom. The van der Waals surface area contributed by atoms with Crippen LogP contribution in [0.15, 0.2) is 35.0 Å². The summed E-state index contributed by atoms with van der Waals surface area (Å²) in [5.74, 6) is 2.27. The van der Waals surface area contributed by atoms with Gasteiger partial charge in [0.05, 0.1) is 11.6 Å². The number of hydrogen-bond acceptors (Lipinski definition) is 6. The number of oxazole rings is 1. The van der Waals surface area contributed by atoms with Gasteiger partial charge in [-0.1, -0.05) is 12.1 Å². The van der Waals surface area contributed by atoms with E-state index in [0.717, 1.165) is 68.2 Å². The van der Waals surface area contributed by atoms with Crippen LogP contribution in [0, 0.1) is 0 Å². The average Bonchev–Trinajstić information content (AvgIpc) is 3.12. The lowest BCUT2D eigenvalue weighted by atomic mass is 9.97. The van der Waals surface area contributed by atoms with Crippen LogP contribution >= 0.6 is 0 Å². The zero-order valence-electron chi connectivity index (χ0n) is 15.1. The first kappa shape index (κ1) is 15.8. The van der Waals surface area contributed by atoms with Gasteiger partial charge in [-0.05, 0) is 32.0 Å². The number of hydrogen-bond donors (Lipinski definition) is 0. The van der Waals surface area contributed by atoms with Crippen molar-refractivity contribution in [3.8, 4) is 0 Å². The smallest absolute Gasteiger partial charge is 0.200 e. The standard InChI is InChI=1S/C20H23N5O/c1-24-10-8-16-15(12-24)19(22-13-21-16)25-9-4-5-14(11-25)20-23-17-6-2-3-7-18(17)26-20/h2-3,6-7,13-14H,4-5,8-12H2,1H3/t14-/m1/s1. The van der Waals surface area contributed by atoms with Gasteiger partial charge < -0.3 is 14.2 Å². The molecule has 0 aliphatic carbocycles. The van der Waals surface area contributed by atoms with E-state index in [1.165, 1.54) is 11.3 Å². The van der Waals surface area contributed by atoms with Crippen molar-refractivity contribution in [2.75, 3.05) is 31.6 Å². The van der Waals surface area contributed by atoms with Crippen LogP contribution in [0.2, 0.25) is 0 Å². The maximum atomic E-state index is 6.04. The molecule has 0 spiro atoms. The topological polar surface area (TPSA) is 58.3 Å². The van der Waals surface area contributed by atoms with Crippen LogP contribution in [0.1, 0.15) is 35.9 Å². The van der Waals surface area contributed by atoms with Gasteiger partial charge in [0.2, 0.25) is 0 Å². The first-order chi connectivity index (χ1) is 12.8. The van der Waals surface area contributed by atoms with Gasteiger partial charge in [0.1, 0.15) is 17.7 Å². The number of aromatic nitrogens is 3. The van der Waals surface area contributed by atoms with E-state index in [1.807, 2.05) is 24.3 Å². The highest BCUT2D eigenvalue weighted by atomic mass is 16.3. The number of likely N-dealkylation sites (N-methyl/N-ethyl adjacent to an activating group) is 1. The molecule has 1 aromatic carbocycles. The summed E-state index contributed by atoms with van der Waals surface area (Å²) in [7, 11) is 2.16. The molecule has 0 radical (unpaired) electrons. The van der Waals surface area contributed by atoms with Gasteiger partial charge >= 0.3 is 0 Å². The third-order valence-corrected chi connectivity index (χ3v) is 5.55. The molecule has 2 aliphatic heterocycles. The van der Waals surface area contributed by atoms with Crippen molar-refractivity contribution in [3.05, 3.63) is 47.7 Å². The molecule has 0 amide bonds. The predicted molar refractivity (Wildman–Crippen MR) is 100 cm³/mol. The Morgan fingerprint density at radius 3 is 3.00 bits per heavy atom. The summed E-state index contributed by atoms with van der Waals surface area (Å²) < 4.78 is 6.04. The molecule has 26 heavy (non-hydrogen) atoms. The molecule has 2 aromatic heterocycles. The van der Waals surface area contributed by atoms with E-state index in [-0.39, 0.29) is 0 Å². The molecule has 0 N–H and O–H groups in total. The molecule has 4 heterocycles. The summed E-state index contributed by atoms with van der Waals surface area (Å²) >= 11 is 0. The van der Waals surface area contributed by atoms with Gasteiger partial charge in [0, 0.05) is 38.2 Å². The second kappa shape index (κ2) is 6.36. The Hall–Kier alpha value is -2.47. The maximum absolute atomic E-state index is 6.04. The Morgan fingerprint density at radius 2 is 2.08 bits per heavy atom. The SMILES string of the molecule is CN1CCc2ncnc(N3CCC[C@@H](c4nc5ccccc5o4)C3)c2C1. The Kier molecular flexibility index (Phi) is 3.85. The third kappa shape index (κ3) is 2.74. The van der Waals surface area contributed by atoms with Crippen molar-refractivity contribution in [2.45, 2.75) is 31.7 Å². The van der Waals surface area contributed by atoms with Gasteiger partial charge in [-0.15, -0.1) is 0 Å². The fourth-order valence-corrected chi connectivity index (χ4v) is 4.17. The van der Waals surface area contributed by atoms with Gasteiger partial charge in [0.25, 0.3) is 0 Å². The van der Waals surface area contributed by atoms with Gasteiger partial charge in [-0.3, -0.25) is 0 Å². The van der Waals surface area contributed by atoms with Crippen molar-refractivity contribution >= 4 is 16.9 Å².